The van der Waals surface area contributed by atoms with Crippen LogP contribution < -0.4 is 5.32 Å². The molecule has 4 rings (SSSR count). The van der Waals surface area contributed by atoms with E-state index in [4.69, 9.17) is 10.1 Å². The summed E-state index contributed by atoms with van der Waals surface area (Å²) in [5, 5.41) is 12.5. The Hall–Kier alpha value is -2.82. The molecule has 2 aromatic rings. The van der Waals surface area contributed by atoms with Crippen molar-refractivity contribution in [2.24, 2.45) is 5.92 Å². The molecule has 1 unspecified atom stereocenters. The zero-order valence-electron chi connectivity index (χ0n) is 21.1. The van der Waals surface area contributed by atoms with Gasteiger partial charge in [0.2, 0.25) is 5.91 Å². The predicted molar refractivity (Wildman–Crippen MR) is 140 cm³/mol. The Balaban J connectivity index is 0.000000248. The SMILES string of the molecule is C=C(O)C(C)c1ccccc1.CCC(CC)C(=O)N1CCC(c2ccc3c(n2)NCCC3)CC1. The van der Waals surface area contributed by atoms with Crippen molar-refractivity contribution >= 4 is 11.7 Å². The average Bonchev–Trinajstić information content (AvgIpc) is 2.89. The highest BCUT2D eigenvalue weighted by atomic mass is 16.3. The van der Waals surface area contributed by atoms with Gasteiger partial charge in [-0.2, -0.15) is 0 Å². The van der Waals surface area contributed by atoms with Crippen molar-refractivity contribution in [1.82, 2.24) is 9.88 Å². The van der Waals surface area contributed by atoms with Crippen LogP contribution in [0.15, 0.2) is 54.8 Å². The molecule has 2 aliphatic rings. The first kappa shape index (κ1) is 25.8. The number of likely N-dealkylation sites (tertiary alicyclic amines) is 1. The van der Waals surface area contributed by atoms with Gasteiger partial charge in [0.1, 0.15) is 5.82 Å². The molecule has 5 heteroatoms. The molecule has 34 heavy (non-hydrogen) atoms. The zero-order chi connectivity index (χ0) is 24.5. The van der Waals surface area contributed by atoms with Gasteiger partial charge in [0.25, 0.3) is 0 Å². The molecule has 184 valence electrons. The minimum absolute atomic E-state index is 0.0381. The van der Waals surface area contributed by atoms with E-state index in [1.807, 2.05) is 37.3 Å². The standard InChI is InChI=1S/C19H29N3O.C10H12O/c1-3-14(4-2)19(23)22-12-9-15(10-13-22)17-8-7-16-6-5-11-20-18(16)21-17;1-8(9(2)11)10-6-4-3-5-7-10/h7-8,14-15H,3-6,9-13H2,1-2H3,(H,20,21);3-8,11H,2H2,1H3. The van der Waals surface area contributed by atoms with Gasteiger partial charge in [0.05, 0.1) is 5.76 Å². The van der Waals surface area contributed by atoms with Gasteiger partial charge in [-0.3, -0.25) is 4.79 Å². The number of aliphatic hydroxyl groups excluding tert-OH is 1. The van der Waals surface area contributed by atoms with Crippen molar-refractivity contribution in [2.75, 3.05) is 25.0 Å². The number of nitrogens with zero attached hydrogens (tertiary/aromatic N) is 2. The molecule has 0 bridgehead atoms. The van der Waals surface area contributed by atoms with E-state index in [-0.39, 0.29) is 17.6 Å². The van der Waals surface area contributed by atoms with Crippen molar-refractivity contribution in [3.05, 3.63) is 71.6 Å². The van der Waals surface area contributed by atoms with Crippen molar-refractivity contribution in [1.29, 1.82) is 0 Å². The summed E-state index contributed by atoms with van der Waals surface area (Å²) in [7, 11) is 0. The number of anilines is 1. The number of hydrogen-bond acceptors (Lipinski definition) is 4. The Morgan fingerprint density at radius 3 is 2.44 bits per heavy atom. The summed E-state index contributed by atoms with van der Waals surface area (Å²) in [5.41, 5.74) is 3.65. The number of amides is 1. The fourth-order valence-electron chi connectivity index (χ4n) is 4.80. The number of nitrogens with one attached hydrogen (secondary N) is 1. The lowest BCUT2D eigenvalue weighted by atomic mass is 9.91. The number of rotatable bonds is 6. The lowest BCUT2D eigenvalue weighted by Crippen LogP contribution is -2.41. The molecule has 2 N–H and O–H groups in total. The van der Waals surface area contributed by atoms with E-state index in [0.29, 0.717) is 11.8 Å². The first-order chi connectivity index (χ1) is 16.4. The number of fused-ring (bicyclic) bond motifs is 1. The first-order valence-corrected chi connectivity index (χ1v) is 12.9. The second-order valence-electron chi connectivity index (χ2n) is 9.51. The average molecular weight is 464 g/mol. The number of aromatic nitrogens is 1. The Kier molecular flexibility index (Phi) is 9.55. The molecular weight excluding hydrogens is 422 g/mol. The summed E-state index contributed by atoms with van der Waals surface area (Å²) in [6.07, 6.45) is 6.32. The van der Waals surface area contributed by atoms with Gasteiger partial charge in [-0.1, -0.05) is 63.7 Å². The third-order valence-corrected chi connectivity index (χ3v) is 7.27. The van der Waals surface area contributed by atoms with Crippen molar-refractivity contribution in [3.63, 3.8) is 0 Å². The Bertz CT molecular complexity index is 932. The van der Waals surface area contributed by atoms with E-state index in [1.165, 1.54) is 17.7 Å². The minimum atomic E-state index is 0.0381. The van der Waals surface area contributed by atoms with Crippen molar-refractivity contribution < 1.29 is 9.90 Å². The van der Waals surface area contributed by atoms with Crippen molar-refractivity contribution in [3.8, 4) is 0 Å². The van der Waals surface area contributed by atoms with E-state index in [2.05, 4.69) is 42.8 Å². The maximum Gasteiger partial charge on any atom is 0.225 e. The first-order valence-electron chi connectivity index (χ1n) is 12.9. The van der Waals surface area contributed by atoms with Crippen LogP contribution in [0.4, 0.5) is 5.82 Å². The molecule has 1 aromatic carbocycles. The van der Waals surface area contributed by atoms with Crippen LogP contribution >= 0.6 is 0 Å². The van der Waals surface area contributed by atoms with E-state index in [0.717, 1.165) is 63.1 Å². The van der Waals surface area contributed by atoms with E-state index >= 15 is 0 Å². The number of benzene rings is 1. The van der Waals surface area contributed by atoms with Gasteiger partial charge in [0.15, 0.2) is 0 Å². The molecule has 1 saturated heterocycles. The molecule has 1 aromatic heterocycles. The maximum atomic E-state index is 12.5. The summed E-state index contributed by atoms with van der Waals surface area (Å²) in [6.45, 7) is 12.4. The van der Waals surface area contributed by atoms with Crippen LogP contribution in [0.2, 0.25) is 0 Å². The Morgan fingerprint density at radius 2 is 1.82 bits per heavy atom. The number of carbonyl (C=O) groups is 1. The number of carbonyl (C=O) groups excluding carboxylic acids is 1. The Labute approximate surface area is 205 Å². The zero-order valence-corrected chi connectivity index (χ0v) is 21.1. The van der Waals surface area contributed by atoms with Crippen LogP contribution in [0.3, 0.4) is 0 Å². The number of aliphatic hydroxyl groups is 1. The quantitative estimate of drug-likeness (QED) is 0.484. The van der Waals surface area contributed by atoms with Crippen molar-refractivity contribution in [2.45, 2.75) is 71.1 Å². The molecule has 3 heterocycles. The second kappa shape index (κ2) is 12.6. The van der Waals surface area contributed by atoms with Gasteiger partial charge < -0.3 is 15.3 Å². The van der Waals surface area contributed by atoms with Gasteiger partial charge >= 0.3 is 0 Å². The van der Waals surface area contributed by atoms with E-state index < -0.39 is 0 Å². The van der Waals surface area contributed by atoms with Crippen LogP contribution in [-0.2, 0) is 11.2 Å². The number of allylic oxidation sites excluding steroid dienone is 1. The molecule has 0 saturated carbocycles. The molecule has 1 amide bonds. The summed E-state index contributed by atoms with van der Waals surface area (Å²) in [6, 6.07) is 14.3. The number of aryl methyl sites for hydroxylation is 1. The molecule has 1 fully saturated rings. The van der Waals surface area contributed by atoms with Gasteiger partial charge in [0, 0.05) is 43.1 Å². The fourth-order valence-corrected chi connectivity index (χ4v) is 4.80. The largest absolute Gasteiger partial charge is 0.512 e. The molecule has 1 atom stereocenters. The highest BCUT2D eigenvalue weighted by Crippen LogP contribution is 2.30. The second-order valence-corrected chi connectivity index (χ2v) is 9.51. The molecule has 5 nitrogen and oxygen atoms in total. The molecular formula is C29H41N3O2. The number of pyridine rings is 1. The smallest absolute Gasteiger partial charge is 0.225 e. The molecule has 2 aliphatic heterocycles. The number of piperidine rings is 1. The van der Waals surface area contributed by atoms with Crippen LogP contribution in [0.1, 0.15) is 81.5 Å². The molecule has 0 radical (unpaired) electrons. The summed E-state index contributed by atoms with van der Waals surface area (Å²) < 4.78 is 0. The molecule has 0 spiro atoms. The van der Waals surface area contributed by atoms with Gasteiger partial charge in [-0.15, -0.1) is 0 Å². The maximum absolute atomic E-state index is 12.5. The lowest BCUT2D eigenvalue weighted by molar-refractivity contribution is -0.136. The monoisotopic (exact) mass is 463 g/mol. The molecule has 0 aliphatic carbocycles. The van der Waals surface area contributed by atoms with Crippen LogP contribution in [0.25, 0.3) is 0 Å². The third kappa shape index (κ3) is 6.62. The van der Waals surface area contributed by atoms with Gasteiger partial charge in [-0.05, 0) is 55.7 Å². The van der Waals surface area contributed by atoms with Crippen LogP contribution in [0, 0.1) is 5.92 Å². The summed E-state index contributed by atoms with van der Waals surface area (Å²) in [4.78, 5) is 19.4. The Morgan fingerprint density at radius 1 is 1.15 bits per heavy atom. The van der Waals surface area contributed by atoms with Crippen LogP contribution in [0.5, 0.6) is 0 Å². The predicted octanol–water partition coefficient (Wildman–Crippen LogP) is 6.44. The number of hydrogen-bond donors (Lipinski definition) is 2. The minimum Gasteiger partial charge on any atom is -0.512 e. The fraction of sp³-hybridized carbons (Fsp3) is 0.517. The van der Waals surface area contributed by atoms with Crippen LogP contribution in [-0.4, -0.2) is 40.5 Å². The summed E-state index contributed by atoms with van der Waals surface area (Å²) in [5.74, 6) is 2.40. The topological polar surface area (TPSA) is 65.5 Å². The normalized spacial score (nSPS) is 16.6. The van der Waals surface area contributed by atoms with E-state index in [9.17, 15) is 4.79 Å². The summed E-state index contributed by atoms with van der Waals surface area (Å²) >= 11 is 0. The lowest BCUT2D eigenvalue weighted by Gasteiger charge is -2.34. The third-order valence-electron chi connectivity index (χ3n) is 7.27. The van der Waals surface area contributed by atoms with Gasteiger partial charge in [-0.25, -0.2) is 4.98 Å². The van der Waals surface area contributed by atoms with E-state index in [1.54, 1.807) is 0 Å². The highest BCUT2D eigenvalue weighted by molar-refractivity contribution is 5.78. The highest BCUT2D eigenvalue weighted by Gasteiger charge is 2.28.